The number of hydrogen-bond donors (Lipinski definition) is 2. The lowest BCUT2D eigenvalue weighted by atomic mass is 9.92. The third-order valence-corrected chi connectivity index (χ3v) is 3.78. The van der Waals surface area contributed by atoms with Gasteiger partial charge < -0.3 is 20.1 Å². The van der Waals surface area contributed by atoms with E-state index in [4.69, 9.17) is 9.47 Å². The van der Waals surface area contributed by atoms with Crippen LogP contribution >= 0.6 is 0 Å². The molecule has 0 atom stereocenters. The van der Waals surface area contributed by atoms with Gasteiger partial charge in [0.05, 0.1) is 25.5 Å². The molecule has 6 nitrogen and oxygen atoms in total. The van der Waals surface area contributed by atoms with Crippen LogP contribution in [-0.4, -0.2) is 26.0 Å². The zero-order valence-electron chi connectivity index (χ0n) is 16.4. The van der Waals surface area contributed by atoms with Crippen LogP contribution in [0.15, 0.2) is 42.5 Å². The number of nitrogens with one attached hydrogen (secondary N) is 2. The maximum Gasteiger partial charge on any atom is 0.257 e. The zero-order chi connectivity index (χ0) is 20.0. The average molecular weight is 370 g/mol. The average Bonchev–Trinajstić information content (AvgIpc) is 2.60. The van der Waals surface area contributed by atoms with Gasteiger partial charge in [-0.05, 0) is 29.7 Å². The van der Waals surface area contributed by atoms with Crippen LogP contribution in [0.2, 0.25) is 0 Å². The molecule has 0 aliphatic carbocycles. The maximum atomic E-state index is 12.7. The molecule has 0 aliphatic rings. The number of ether oxygens (including phenoxy) is 2. The Morgan fingerprint density at radius 3 is 2.22 bits per heavy atom. The van der Waals surface area contributed by atoms with Crippen molar-refractivity contribution >= 4 is 23.2 Å². The third-order valence-electron chi connectivity index (χ3n) is 3.78. The van der Waals surface area contributed by atoms with Crippen molar-refractivity contribution in [1.82, 2.24) is 0 Å². The molecule has 0 heterocycles. The summed E-state index contributed by atoms with van der Waals surface area (Å²) in [6.45, 7) is 5.97. The quantitative estimate of drug-likeness (QED) is 0.793. The highest BCUT2D eigenvalue weighted by Crippen LogP contribution is 2.30. The molecule has 2 aromatic carbocycles. The van der Waals surface area contributed by atoms with Gasteiger partial charge in [0.1, 0.15) is 0 Å². The van der Waals surface area contributed by atoms with Gasteiger partial charge in [0, 0.05) is 18.2 Å². The van der Waals surface area contributed by atoms with Gasteiger partial charge in [-0.2, -0.15) is 0 Å². The highest BCUT2D eigenvalue weighted by molar-refractivity contribution is 6.10. The Hall–Kier alpha value is -3.02. The van der Waals surface area contributed by atoms with Crippen molar-refractivity contribution in [2.75, 3.05) is 24.9 Å². The molecule has 0 fully saturated rings. The van der Waals surface area contributed by atoms with Gasteiger partial charge in [0.25, 0.3) is 5.91 Å². The lowest BCUT2D eigenvalue weighted by Crippen LogP contribution is -2.22. The second-order valence-electron chi connectivity index (χ2n) is 7.36. The molecule has 2 N–H and O–H groups in total. The lowest BCUT2D eigenvalue weighted by molar-refractivity contribution is -0.117. The van der Waals surface area contributed by atoms with E-state index < -0.39 is 0 Å². The van der Waals surface area contributed by atoms with Crippen LogP contribution in [-0.2, 0) is 4.79 Å². The van der Waals surface area contributed by atoms with Crippen molar-refractivity contribution in [2.24, 2.45) is 5.41 Å². The monoisotopic (exact) mass is 370 g/mol. The summed E-state index contributed by atoms with van der Waals surface area (Å²) in [6.07, 6.45) is 0.360. The summed E-state index contributed by atoms with van der Waals surface area (Å²) in [6, 6.07) is 12.0. The van der Waals surface area contributed by atoms with Crippen LogP contribution < -0.4 is 20.1 Å². The fraction of sp³-hybridized carbons (Fsp3) is 0.333. The van der Waals surface area contributed by atoms with Gasteiger partial charge >= 0.3 is 0 Å². The molecule has 0 spiro atoms. The van der Waals surface area contributed by atoms with E-state index in [1.54, 1.807) is 49.6 Å². The number of hydrogen-bond acceptors (Lipinski definition) is 4. The summed E-state index contributed by atoms with van der Waals surface area (Å²) < 4.78 is 10.5. The Morgan fingerprint density at radius 1 is 0.926 bits per heavy atom. The SMILES string of the molecule is COc1ccc(NC(=O)c2ccccc2NC(=O)CC(C)(C)C)cc1OC. The first-order valence-electron chi connectivity index (χ1n) is 8.66. The van der Waals surface area contributed by atoms with Crippen LogP contribution in [0.3, 0.4) is 0 Å². The van der Waals surface area contributed by atoms with Crippen LogP contribution in [0, 0.1) is 5.41 Å². The first kappa shape index (κ1) is 20.3. The van der Waals surface area contributed by atoms with Crippen molar-refractivity contribution in [3.8, 4) is 11.5 Å². The van der Waals surface area contributed by atoms with Crippen LogP contribution in [0.4, 0.5) is 11.4 Å². The molecule has 2 amide bonds. The minimum atomic E-state index is -0.325. The molecule has 0 unspecified atom stereocenters. The molecule has 6 heteroatoms. The minimum absolute atomic E-state index is 0.131. The van der Waals surface area contributed by atoms with E-state index in [2.05, 4.69) is 10.6 Å². The number of carbonyl (C=O) groups is 2. The Kier molecular flexibility index (Phi) is 6.45. The van der Waals surface area contributed by atoms with E-state index in [1.165, 1.54) is 7.11 Å². The van der Waals surface area contributed by atoms with Crippen LogP contribution in [0.1, 0.15) is 37.6 Å². The Bertz CT molecular complexity index is 825. The van der Waals surface area contributed by atoms with Crippen molar-refractivity contribution < 1.29 is 19.1 Å². The number of carbonyl (C=O) groups excluding carboxylic acids is 2. The maximum absolute atomic E-state index is 12.7. The van der Waals surface area contributed by atoms with Crippen LogP contribution in [0.25, 0.3) is 0 Å². The number of methoxy groups -OCH3 is 2. The fourth-order valence-corrected chi connectivity index (χ4v) is 2.58. The molecule has 144 valence electrons. The molecular formula is C21H26N2O4. The summed E-state index contributed by atoms with van der Waals surface area (Å²) in [5, 5.41) is 5.65. The molecule has 0 aliphatic heterocycles. The largest absolute Gasteiger partial charge is 0.493 e. The first-order chi connectivity index (χ1) is 12.7. The first-order valence-corrected chi connectivity index (χ1v) is 8.66. The fourth-order valence-electron chi connectivity index (χ4n) is 2.58. The normalized spacial score (nSPS) is 10.9. The summed E-state index contributed by atoms with van der Waals surface area (Å²) in [5.41, 5.74) is 1.29. The predicted molar refractivity (Wildman–Crippen MR) is 107 cm³/mol. The van der Waals surface area contributed by atoms with Crippen LogP contribution in [0.5, 0.6) is 11.5 Å². The van der Waals surface area contributed by atoms with E-state index in [1.807, 2.05) is 20.8 Å². The third kappa shape index (κ3) is 5.74. The molecule has 0 saturated heterocycles. The summed E-state index contributed by atoms with van der Waals surface area (Å²) >= 11 is 0. The van der Waals surface area contributed by atoms with E-state index in [-0.39, 0.29) is 17.2 Å². The molecular weight excluding hydrogens is 344 g/mol. The predicted octanol–water partition coefficient (Wildman–Crippen LogP) is 4.33. The topological polar surface area (TPSA) is 76.7 Å². The van der Waals surface area contributed by atoms with Crippen molar-refractivity contribution in [2.45, 2.75) is 27.2 Å². The van der Waals surface area contributed by atoms with E-state index >= 15 is 0 Å². The molecule has 2 rings (SSSR count). The minimum Gasteiger partial charge on any atom is -0.493 e. The molecule has 2 aromatic rings. The number of anilines is 2. The van der Waals surface area contributed by atoms with E-state index in [9.17, 15) is 9.59 Å². The molecule has 27 heavy (non-hydrogen) atoms. The van der Waals surface area contributed by atoms with Gasteiger partial charge in [-0.1, -0.05) is 32.9 Å². The van der Waals surface area contributed by atoms with E-state index in [0.717, 1.165) is 0 Å². The van der Waals surface area contributed by atoms with Gasteiger partial charge in [0.2, 0.25) is 5.91 Å². The highest BCUT2D eigenvalue weighted by atomic mass is 16.5. The standard InChI is InChI=1S/C21H26N2O4/c1-21(2,3)13-19(24)23-16-9-7-6-8-15(16)20(25)22-14-10-11-17(26-4)18(12-14)27-5/h6-12H,13H2,1-5H3,(H,22,25)(H,23,24). The summed E-state index contributed by atoms with van der Waals surface area (Å²) in [7, 11) is 3.08. The second kappa shape index (κ2) is 8.58. The van der Waals surface area contributed by atoms with Crippen molar-refractivity contribution in [3.05, 3.63) is 48.0 Å². The number of benzene rings is 2. The van der Waals surface area contributed by atoms with Gasteiger partial charge in [-0.3, -0.25) is 9.59 Å². The van der Waals surface area contributed by atoms with E-state index in [0.29, 0.717) is 34.9 Å². The Balaban J connectivity index is 2.19. The smallest absolute Gasteiger partial charge is 0.257 e. The molecule has 0 bridgehead atoms. The lowest BCUT2D eigenvalue weighted by Gasteiger charge is -2.18. The Morgan fingerprint density at radius 2 is 1.59 bits per heavy atom. The van der Waals surface area contributed by atoms with Gasteiger partial charge in [-0.25, -0.2) is 0 Å². The van der Waals surface area contributed by atoms with Crippen molar-refractivity contribution in [1.29, 1.82) is 0 Å². The van der Waals surface area contributed by atoms with Crippen molar-refractivity contribution in [3.63, 3.8) is 0 Å². The number of para-hydroxylation sites is 1. The zero-order valence-corrected chi connectivity index (χ0v) is 16.4. The molecule has 0 aromatic heterocycles. The Labute approximate surface area is 159 Å². The van der Waals surface area contributed by atoms with Gasteiger partial charge in [0.15, 0.2) is 11.5 Å². The molecule has 0 saturated carbocycles. The summed E-state index contributed by atoms with van der Waals surface area (Å²) in [4.78, 5) is 25.0. The highest BCUT2D eigenvalue weighted by Gasteiger charge is 2.18. The summed E-state index contributed by atoms with van der Waals surface area (Å²) in [5.74, 6) is 0.634. The second-order valence-corrected chi connectivity index (χ2v) is 7.36. The number of rotatable bonds is 6. The number of amides is 2. The molecule has 0 radical (unpaired) electrons. The van der Waals surface area contributed by atoms with Gasteiger partial charge in [-0.15, -0.1) is 0 Å².